The smallest absolute Gasteiger partial charge is 0.224 e. The Morgan fingerprint density at radius 1 is 1.36 bits per heavy atom. The minimum absolute atomic E-state index is 0.00639. The summed E-state index contributed by atoms with van der Waals surface area (Å²) < 4.78 is 0. The maximum atomic E-state index is 11.0. The topological polar surface area (TPSA) is 69.6 Å². The fourth-order valence-electron chi connectivity index (χ4n) is 2.10. The van der Waals surface area contributed by atoms with Crippen LogP contribution in [0, 0.1) is 17.8 Å². The highest BCUT2D eigenvalue weighted by Crippen LogP contribution is 2.51. The number of aliphatic hydroxyl groups excluding tert-OH is 2. The van der Waals surface area contributed by atoms with E-state index in [2.05, 4.69) is 5.32 Å². The standard InChI is InChI=1S/C7H11NO3/c9-1-3-5-4(2-10)8-7(11)6(3)5/h3-6,9-10H,1-2H2,(H,8,11). The number of aliphatic hydroxyl groups is 2. The predicted octanol–water partition coefficient (Wildman–Crippen LogP) is -1.67. The first-order chi connectivity index (χ1) is 5.29. The van der Waals surface area contributed by atoms with Gasteiger partial charge in [-0.05, 0) is 11.8 Å². The Labute approximate surface area is 64.2 Å². The third-order valence-corrected chi connectivity index (χ3v) is 2.73. The summed E-state index contributed by atoms with van der Waals surface area (Å²) in [5.74, 6) is 0.281. The van der Waals surface area contributed by atoms with E-state index in [1.54, 1.807) is 0 Å². The quantitative estimate of drug-likeness (QED) is 0.449. The normalized spacial score (nSPS) is 46.9. The number of amides is 1. The highest BCUT2D eigenvalue weighted by molar-refractivity contribution is 5.85. The van der Waals surface area contributed by atoms with Crippen LogP contribution in [0.5, 0.6) is 0 Å². The van der Waals surface area contributed by atoms with Crippen molar-refractivity contribution in [2.24, 2.45) is 17.8 Å². The van der Waals surface area contributed by atoms with Gasteiger partial charge in [0.05, 0.1) is 12.6 Å². The van der Waals surface area contributed by atoms with Gasteiger partial charge in [0.15, 0.2) is 0 Å². The number of fused-ring (bicyclic) bond motifs is 1. The van der Waals surface area contributed by atoms with Gasteiger partial charge in [0.2, 0.25) is 5.91 Å². The minimum atomic E-state index is -0.107. The molecule has 1 saturated carbocycles. The molecular formula is C7H11NO3. The molecule has 11 heavy (non-hydrogen) atoms. The molecule has 1 amide bonds. The maximum Gasteiger partial charge on any atom is 0.224 e. The Balaban J connectivity index is 2.06. The predicted molar refractivity (Wildman–Crippen MR) is 36.6 cm³/mol. The summed E-state index contributed by atoms with van der Waals surface area (Å²) in [4.78, 5) is 11.0. The zero-order chi connectivity index (χ0) is 8.01. The molecule has 0 aromatic rings. The van der Waals surface area contributed by atoms with Crippen LogP contribution in [0.3, 0.4) is 0 Å². The monoisotopic (exact) mass is 157 g/mol. The van der Waals surface area contributed by atoms with Crippen LogP contribution in [-0.4, -0.2) is 35.4 Å². The lowest BCUT2D eigenvalue weighted by molar-refractivity contribution is -0.122. The molecule has 1 saturated heterocycles. The van der Waals surface area contributed by atoms with Crippen molar-refractivity contribution in [1.82, 2.24) is 5.32 Å². The van der Waals surface area contributed by atoms with Crippen molar-refractivity contribution in [3.8, 4) is 0 Å². The van der Waals surface area contributed by atoms with Gasteiger partial charge in [0.1, 0.15) is 0 Å². The summed E-state index contributed by atoms with van der Waals surface area (Å²) in [6.07, 6.45) is 0. The number of piperidine rings is 1. The van der Waals surface area contributed by atoms with Gasteiger partial charge in [0, 0.05) is 12.5 Å². The zero-order valence-electron chi connectivity index (χ0n) is 6.03. The third-order valence-electron chi connectivity index (χ3n) is 2.73. The van der Waals surface area contributed by atoms with E-state index in [9.17, 15) is 4.79 Å². The van der Waals surface area contributed by atoms with E-state index >= 15 is 0 Å². The molecule has 1 aliphatic carbocycles. The Kier molecular flexibility index (Phi) is 1.40. The molecule has 0 aromatic heterocycles. The molecule has 0 radical (unpaired) electrons. The van der Waals surface area contributed by atoms with Gasteiger partial charge >= 0.3 is 0 Å². The highest BCUT2D eigenvalue weighted by Gasteiger charge is 2.62. The fraction of sp³-hybridized carbons (Fsp3) is 0.857. The average molecular weight is 157 g/mol. The van der Waals surface area contributed by atoms with Gasteiger partial charge in [-0.1, -0.05) is 0 Å². The average Bonchev–Trinajstić information content (AvgIpc) is 2.65. The van der Waals surface area contributed by atoms with E-state index in [-0.39, 0.29) is 42.9 Å². The molecular weight excluding hydrogens is 146 g/mol. The summed E-state index contributed by atoms with van der Waals surface area (Å²) in [6.45, 7) is 0.0582. The molecule has 2 fully saturated rings. The number of carbonyl (C=O) groups is 1. The summed E-state index contributed by atoms with van der Waals surface area (Å²) in [5.41, 5.74) is 0. The van der Waals surface area contributed by atoms with Gasteiger partial charge in [-0.2, -0.15) is 0 Å². The molecule has 0 spiro atoms. The van der Waals surface area contributed by atoms with Crippen LogP contribution in [0.25, 0.3) is 0 Å². The van der Waals surface area contributed by atoms with Crippen LogP contribution in [-0.2, 0) is 4.79 Å². The van der Waals surface area contributed by atoms with Crippen molar-refractivity contribution >= 4 is 5.91 Å². The van der Waals surface area contributed by atoms with E-state index < -0.39 is 0 Å². The van der Waals surface area contributed by atoms with Crippen LogP contribution < -0.4 is 5.32 Å². The van der Waals surface area contributed by atoms with Crippen LogP contribution >= 0.6 is 0 Å². The molecule has 0 bridgehead atoms. The fourth-order valence-corrected chi connectivity index (χ4v) is 2.10. The lowest BCUT2D eigenvalue weighted by atomic mass is 10.2. The maximum absolute atomic E-state index is 11.0. The Hall–Kier alpha value is -0.610. The van der Waals surface area contributed by atoms with Crippen molar-refractivity contribution in [3.05, 3.63) is 0 Å². The van der Waals surface area contributed by atoms with Crippen molar-refractivity contribution < 1.29 is 15.0 Å². The Morgan fingerprint density at radius 2 is 2.09 bits per heavy atom. The molecule has 3 N–H and O–H groups in total. The molecule has 4 unspecified atom stereocenters. The second-order valence-electron chi connectivity index (χ2n) is 3.25. The summed E-state index contributed by atoms with van der Waals surface area (Å²) in [5, 5.41) is 20.2. The molecule has 2 rings (SSSR count). The van der Waals surface area contributed by atoms with Crippen LogP contribution in [0.1, 0.15) is 0 Å². The van der Waals surface area contributed by atoms with Gasteiger partial charge < -0.3 is 15.5 Å². The molecule has 0 aromatic carbocycles. The summed E-state index contributed by atoms with van der Waals surface area (Å²) in [7, 11) is 0. The lowest BCUT2D eigenvalue weighted by Crippen LogP contribution is -2.35. The summed E-state index contributed by atoms with van der Waals surface area (Å²) >= 11 is 0. The molecule has 2 aliphatic rings. The molecule has 1 heterocycles. The van der Waals surface area contributed by atoms with Crippen molar-refractivity contribution in [2.75, 3.05) is 13.2 Å². The van der Waals surface area contributed by atoms with Crippen molar-refractivity contribution in [2.45, 2.75) is 6.04 Å². The van der Waals surface area contributed by atoms with Gasteiger partial charge in [0.25, 0.3) is 0 Å². The Morgan fingerprint density at radius 3 is 2.55 bits per heavy atom. The molecule has 4 atom stereocenters. The van der Waals surface area contributed by atoms with E-state index in [1.807, 2.05) is 0 Å². The van der Waals surface area contributed by atoms with Gasteiger partial charge in [-0.25, -0.2) is 0 Å². The zero-order valence-corrected chi connectivity index (χ0v) is 6.03. The first kappa shape index (κ1) is 7.06. The number of hydrogen-bond donors (Lipinski definition) is 3. The molecule has 4 nitrogen and oxygen atoms in total. The third kappa shape index (κ3) is 0.795. The van der Waals surface area contributed by atoms with Gasteiger partial charge in [-0.3, -0.25) is 4.79 Å². The largest absolute Gasteiger partial charge is 0.396 e. The van der Waals surface area contributed by atoms with E-state index in [4.69, 9.17) is 10.2 Å². The van der Waals surface area contributed by atoms with E-state index in [1.165, 1.54) is 0 Å². The van der Waals surface area contributed by atoms with E-state index in [0.717, 1.165) is 0 Å². The van der Waals surface area contributed by atoms with Crippen LogP contribution in [0.4, 0.5) is 0 Å². The SMILES string of the molecule is O=C1NC(CO)C2C(CO)C12. The van der Waals surface area contributed by atoms with Crippen molar-refractivity contribution in [1.29, 1.82) is 0 Å². The van der Waals surface area contributed by atoms with Crippen molar-refractivity contribution in [3.63, 3.8) is 0 Å². The lowest BCUT2D eigenvalue weighted by Gasteiger charge is -2.10. The number of rotatable bonds is 2. The highest BCUT2D eigenvalue weighted by atomic mass is 16.3. The van der Waals surface area contributed by atoms with Crippen LogP contribution in [0.2, 0.25) is 0 Å². The second-order valence-corrected chi connectivity index (χ2v) is 3.25. The minimum Gasteiger partial charge on any atom is -0.396 e. The van der Waals surface area contributed by atoms with Crippen LogP contribution in [0.15, 0.2) is 0 Å². The number of hydrogen-bond acceptors (Lipinski definition) is 3. The number of carbonyl (C=O) groups excluding carboxylic acids is 1. The first-order valence-electron chi connectivity index (χ1n) is 3.81. The molecule has 1 aliphatic heterocycles. The molecule has 4 heteroatoms. The van der Waals surface area contributed by atoms with Gasteiger partial charge in [-0.15, -0.1) is 0 Å². The first-order valence-corrected chi connectivity index (χ1v) is 3.81. The Bertz CT molecular complexity index is 194. The number of nitrogens with one attached hydrogen (secondary N) is 1. The molecule has 62 valence electrons. The second kappa shape index (κ2) is 2.19. The van der Waals surface area contributed by atoms with E-state index in [0.29, 0.717) is 0 Å². The summed E-state index contributed by atoms with van der Waals surface area (Å²) in [6, 6.07) is -0.107.